The Labute approximate surface area is 307 Å². The van der Waals surface area contributed by atoms with Crippen LogP contribution in [0.1, 0.15) is 69.0 Å². The molecule has 3 aromatic heterocycles. The number of nitrogens with zero attached hydrogens (tertiary/aromatic N) is 6. The molecule has 0 bridgehead atoms. The fourth-order valence-corrected chi connectivity index (χ4v) is 6.74. The van der Waals surface area contributed by atoms with Gasteiger partial charge in [-0.2, -0.15) is 13.2 Å². The third-order valence-corrected chi connectivity index (χ3v) is 9.46. The van der Waals surface area contributed by atoms with Crippen LogP contribution in [0.4, 0.5) is 22.8 Å². The molecule has 0 saturated carbocycles. The number of methoxy groups -OCH3 is 2. The minimum absolute atomic E-state index is 0.00391. The Hall–Kier alpha value is -6.01. The number of rotatable bonds is 9. The second-order valence-electron chi connectivity index (χ2n) is 13.0. The van der Waals surface area contributed by atoms with E-state index in [1.165, 1.54) is 31.1 Å². The van der Waals surface area contributed by atoms with Gasteiger partial charge in [-0.05, 0) is 39.5 Å². The number of likely N-dealkylation sites (tertiary alicyclic amines) is 2. The van der Waals surface area contributed by atoms with E-state index >= 15 is 0 Å². The predicted molar refractivity (Wildman–Crippen MR) is 185 cm³/mol. The molecular weight excluding hydrogens is 713 g/mol. The zero-order valence-electron chi connectivity index (χ0n) is 29.9. The molecule has 5 heterocycles. The Morgan fingerprint density at radius 3 is 1.80 bits per heavy atom. The number of alkyl halides is 3. The molecular formula is C35H39F3N10O6. The molecule has 19 heteroatoms. The van der Waals surface area contributed by atoms with Gasteiger partial charge in [-0.25, -0.2) is 29.5 Å². The lowest BCUT2D eigenvalue weighted by Gasteiger charge is -2.26. The van der Waals surface area contributed by atoms with Gasteiger partial charge in [-0.3, -0.25) is 9.59 Å². The van der Waals surface area contributed by atoms with E-state index in [4.69, 9.17) is 0 Å². The van der Waals surface area contributed by atoms with Crippen molar-refractivity contribution in [3.63, 3.8) is 0 Å². The number of nitrogens with one attached hydrogen (secondary N) is 4. The molecule has 2 aliphatic rings. The van der Waals surface area contributed by atoms with Gasteiger partial charge in [0.05, 0.1) is 43.9 Å². The van der Waals surface area contributed by atoms with Crippen LogP contribution in [-0.2, 0) is 25.2 Å². The summed E-state index contributed by atoms with van der Waals surface area (Å²) in [7, 11) is 2.39. The maximum Gasteiger partial charge on any atom is 0.435 e. The molecule has 2 aliphatic heterocycles. The van der Waals surface area contributed by atoms with Crippen LogP contribution < -0.4 is 10.6 Å². The Morgan fingerprint density at radius 2 is 1.28 bits per heavy atom. The number of imidazole rings is 2. The molecule has 0 radical (unpaired) electrons. The molecule has 2 fully saturated rings. The maximum absolute atomic E-state index is 14.3. The zero-order valence-corrected chi connectivity index (χ0v) is 29.9. The monoisotopic (exact) mass is 752 g/mol. The summed E-state index contributed by atoms with van der Waals surface area (Å²) in [5.74, 6) is 0.191. The minimum Gasteiger partial charge on any atom is -0.453 e. The lowest BCUT2D eigenvalue weighted by atomic mass is 10.1. The second kappa shape index (κ2) is 15.5. The maximum atomic E-state index is 14.3. The van der Waals surface area contributed by atoms with Gasteiger partial charge in [0.2, 0.25) is 11.8 Å². The fraction of sp³-hybridized carbons (Fsp3) is 0.429. The van der Waals surface area contributed by atoms with Crippen molar-refractivity contribution in [2.45, 2.75) is 69.9 Å². The molecule has 16 nitrogen and oxygen atoms in total. The van der Waals surface area contributed by atoms with Crippen LogP contribution in [0, 0.1) is 0 Å². The second-order valence-corrected chi connectivity index (χ2v) is 13.0. The lowest BCUT2D eigenvalue weighted by Crippen LogP contribution is -2.46. The molecule has 0 spiro atoms. The van der Waals surface area contributed by atoms with Crippen molar-refractivity contribution in [3.8, 4) is 33.9 Å². The number of hydrogen-bond acceptors (Lipinski definition) is 10. The van der Waals surface area contributed by atoms with Crippen LogP contribution in [-0.4, -0.2) is 103 Å². The Balaban J connectivity index is 1.16. The summed E-state index contributed by atoms with van der Waals surface area (Å²) in [5.41, 5.74) is 0.671. The zero-order chi connectivity index (χ0) is 38.7. The number of aromatic amines is 2. The first kappa shape index (κ1) is 37.7. The molecule has 0 aliphatic carbocycles. The number of benzene rings is 1. The number of halogens is 3. The highest BCUT2D eigenvalue weighted by atomic mass is 19.4. The SMILES string of the molecule is COC(=O)NC(C)C(=O)N1CCC[C@H]1c1nc(C(F)(F)F)c(-c2ccc(-c3ncc(-c4cnc([C@@H]5CCCN5C(=O)[C@H](C)NC(=O)OC)[nH]4)cn3)cc2)[nH]1. The molecule has 4 N–H and O–H groups in total. The number of ether oxygens (including phenoxy) is 2. The molecule has 4 amide bonds. The van der Waals surface area contributed by atoms with Crippen molar-refractivity contribution in [1.29, 1.82) is 0 Å². The van der Waals surface area contributed by atoms with Gasteiger partial charge in [-0.1, -0.05) is 24.3 Å². The largest absolute Gasteiger partial charge is 0.453 e. The van der Waals surface area contributed by atoms with E-state index in [0.717, 1.165) is 13.5 Å². The number of H-pyrrole nitrogens is 2. The fourth-order valence-electron chi connectivity index (χ4n) is 6.74. The van der Waals surface area contributed by atoms with Gasteiger partial charge in [0.1, 0.15) is 23.7 Å². The van der Waals surface area contributed by atoms with E-state index < -0.39 is 48.1 Å². The highest BCUT2D eigenvalue weighted by molar-refractivity contribution is 5.86. The molecule has 2 saturated heterocycles. The molecule has 1 aromatic carbocycles. The van der Waals surface area contributed by atoms with Crippen LogP contribution in [0.5, 0.6) is 0 Å². The van der Waals surface area contributed by atoms with Crippen LogP contribution >= 0.6 is 0 Å². The number of carbonyl (C=O) groups is 4. The van der Waals surface area contributed by atoms with Crippen LogP contribution in [0.3, 0.4) is 0 Å². The topological polar surface area (TPSA) is 200 Å². The van der Waals surface area contributed by atoms with Gasteiger partial charge in [-0.15, -0.1) is 0 Å². The highest BCUT2D eigenvalue weighted by Crippen LogP contribution is 2.40. The number of hydrogen-bond donors (Lipinski definition) is 4. The van der Waals surface area contributed by atoms with Crippen molar-refractivity contribution in [1.82, 2.24) is 50.3 Å². The highest BCUT2D eigenvalue weighted by Gasteiger charge is 2.41. The first-order valence-electron chi connectivity index (χ1n) is 17.2. The third kappa shape index (κ3) is 7.84. The van der Waals surface area contributed by atoms with E-state index in [9.17, 15) is 32.3 Å². The van der Waals surface area contributed by atoms with E-state index in [-0.39, 0.29) is 29.0 Å². The first-order valence-corrected chi connectivity index (χ1v) is 17.2. The number of aromatic nitrogens is 6. The molecule has 54 heavy (non-hydrogen) atoms. The average molecular weight is 753 g/mol. The Morgan fingerprint density at radius 1 is 0.759 bits per heavy atom. The standard InChI is InChI=1S/C35H39F3N10O6/c1-18(42-33(51)53-3)31(49)47-13-5-7-24(47)29-41-17-23(44-29)22-15-39-28(40-16-22)21-11-9-20(10-12-21)26-27(35(36,37)38)46-30(45-26)25-8-6-14-48(25)32(50)19(2)43-34(52)54-4/h9-12,15-19,24-25H,5-8,13-14H2,1-4H3,(H,41,44)(H,42,51)(H,43,52)(H,45,46)/t18-,19?,24-,25-/m0/s1. The van der Waals surface area contributed by atoms with E-state index in [1.54, 1.807) is 42.5 Å². The summed E-state index contributed by atoms with van der Waals surface area (Å²) in [5, 5.41) is 4.90. The molecule has 6 rings (SSSR count). The van der Waals surface area contributed by atoms with Crippen molar-refractivity contribution in [2.24, 2.45) is 0 Å². The Bertz CT molecular complexity index is 2000. The average Bonchev–Trinajstić information content (AvgIpc) is 4.00. The smallest absolute Gasteiger partial charge is 0.435 e. The number of alkyl carbamates (subject to hydrolysis) is 2. The normalized spacial score (nSPS) is 18.3. The summed E-state index contributed by atoms with van der Waals surface area (Å²) in [6.07, 6.45) is 0.917. The first-order chi connectivity index (χ1) is 25.8. The quantitative estimate of drug-likeness (QED) is 0.185. The number of carbonyl (C=O) groups excluding carboxylic acids is 4. The van der Waals surface area contributed by atoms with Crippen LogP contribution in [0.2, 0.25) is 0 Å². The van der Waals surface area contributed by atoms with Gasteiger partial charge in [0, 0.05) is 42.2 Å². The predicted octanol–water partition coefficient (Wildman–Crippen LogP) is 4.76. The van der Waals surface area contributed by atoms with Crippen molar-refractivity contribution < 1.29 is 41.8 Å². The van der Waals surface area contributed by atoms with Gasteiger partial charge in [0.25, 0.3) is 0 Å². The summed E-state index contributed by atoms with van der Waals surface area (Å²) in [6.45, 7) is 3.87. The molecule has 4 atom stereocenters. The molecule has 4 aromatic rings. The summed E-state index contributed by atoms with van der Waals surface area (Å²) < 4.78 is 52.0. The number of amides is 4. The summed E-state index contributed by atoms with van der Waals surface area (Å²) >= 11 is 0. The van der Waals surface area contributed by atoms with Crippen LogP contribution in [0.15, 0.2) is 42.9 Å². The van der Waals surface area contributed by atoms with Gasteiger partial charge < -0.3 is 39.9 Å². The van der Waals surface area contributed by atoms with Gasteiger partial charge >= 0.3 is 18.4 Å². The van der Waals surface area contributed by atoms with E-state index in [1.807, 2.05) is 0 Å². The summed E-state index contributed by atoms with van der Waals surface area (Å²) in [6, 6.07) is 3.44. The third-order valence-electron chi connectivity index (χ3n) is 9.46. The van der Waals surface area contributed by atoms with E-state index in [0.29, 0.717) is 60.8 Å². The Kier molecular flexibility index (Phi) is 10.9. The van der Waals surface area contributed by atoms with Crippen molar-refractivity contribution in [2.75, 3.05) is 27.3 Å². The van der Waals surface area contributed by atoms with Gasteiger partial charge in [0.15, 0.2) is 11.5 Å². The van der Waals surface area contributed by atoms with Crippen LogP contribution in [0.25, 0.3) is 33.9 Å². The summed E-state index contributed by atoms with van der Waals surface area (Å²) in [4.78, 5) is 75.9. The van der Waals surface area contributed by atoms with Crippen molar-refractivity contribution in [3.05, 3.63) is 60.2 Å². The van der Waals surface area contributed by atoms with Crippen molar-refractivity contribution >= 4 is 24.0 Å². The molecule has 1 unspecified atom stereocenters. The minimum atomic E-state index is -4.78. The molecule has 286 valence electrons. The van der Waals surface area contributed by atoms with E-state index in [2.05, 4.69) is 50.0 Å². The lowest BCUT2D eigenvalue weighted by molar-refractivity contribution is -0.140.